The smallest absolute Gasteiger partial charge is 0.248 e. The molecule has 0 aliphatic rings. The number of fused-ring (bicyclic) bond motifs is 1. The number of primary amides is 1. The minimum atomic E-state index is -0.404. The first-order valence-corrected chi connectivity index (χ1v) is 9.74. The molecule has 3 nitrogen and oxygen atoms in total. The highest BCUT2D eigenvalue weighted by molar-refractivity contribution is 7.17. The fourth-order valence-electron chi connectivity index (χ4n) is 3.18. The highest BCUT2D eigenvalue weighted by atomic mass is 32.1. The maximum atomic E-state index is 11.4. The van der Waals surface area contributed by atoms with Crippen molar-refractivity contribution < 1.29 is 4.79 Å². The Morgan fingerprint density at radius 2 is 1.70 bits per heavy atom. The van der Waals surface area contributed by atoms with Crippen LogP contribution >= 0.6 is 11.3 Å². The lowest BCUT2D eigenvalue weighted by molar-refractivity contribution is 0.100. The number of rotatable bonds is 6. The van der Waals surface area contributed by atoms with Crippen LogP contribution < -0.4 is 11.1 Å². The summed E-state index contributed by atoms with van der Waals surface area (Å²) in [6.07, 6.45) is 0. The lowest BCUT2D eigenvalue weighted by Gasteiger charge is -2.07. The van der Waals surface area contributed by atoms with E-state index in [1.54, 1.807) is 17.4 Å². The zero-order valence-corrected chi connectivity index (χ0v) is 15.6. The van der Waals surface area contributed by atoms with Crippen molar-refractivity contribution in [1.29, 1.82) is 0 Å². The van der Waals surface area contributed by atoms with E-state index in [1.165, 1.54) is 21.2 Å². The van der Waals surface area contributed by atoms with E-state index in [-0.39, 0.29) is 0 Å². The number of amides is 1. The predicted octanol–water partition coefficient (Wildman–Crippen LogP) is 4.96. The molecule has 0 aliphatic carbocycles. The SMILES string of the molecule is NC(=O)c1cccc(-c2ccc(CNCc3csc4ccccc34)cc2)c1. The number of hydrogen-bond acceptors (Lipinski definition) is 3. The van der Waals surface area contributed by atoms with Gasteiger partial charge in [-0.3, -0.25) is 4.79 Å². The maximum absolute atomic E-state index is 11.4. The summed E-state index contributed by atoms with van der Waals surface area (Å²) in [5.41, 5.74) is 10.5. The minimum absolute atomic E-state index is 0.404. The van der Waals surface area contributed by atoms with E-state index in [4.69, 9.17) is 5.73 Å². The van der Waals surface area contributed by atoms with Crippen LogP contribution in [0.1, 0.15) is 21.5 Å². The molecule has 0 aliphatic heterocycles. The molecule has 0 atom stereocenters. The number of carbonyl (C=O) groups is 1. The standard InChI is InChI=1S/C23H20N2OS/c24-23(26)19-5-3-4-18(12-19)17-10-8-16(9-11-17)13-25-14-20-15-27-22-7-2-1-6-21(20)22/h1-12,15,25H,13-14H2,(H2,24,26). The van der Waals surface area contributed by atoms with Crippen LogP contribution in [0.25, 0.3) is 21.2 Å². The number of hydrogen-bond donors (Lipinski definition) is 2. The van der Waals surface area contributed by atoms with Crippen LogP contribution in [0.5, 0.6) is 0 Å². The Kier molecular flexibility index (Phi) is 5.01. The summed E-state index contributed by atoms with van der Waals surface area (Å²) >= 11 is 1.79. The van der Waals surface area contributed by atoms with E-state index in [0.717, 1.165) is 24.2 Å². The Hall–Kier alpha value is -2.95. The fraction of sp³-hybridized carbons (Fsp3) is 0.0870. The van der Waals surface area contributed by atoms with Gasteiger partial charge in [-0.15, -0.1) is 11.3 Å². The first-order valence-electron chi connectivity index (χ1n) is 8.86. The van der Waals surface area contributed by atoms with Crippen molar-refractivity contribution in [2.24, 2.45) is 5.73 Å². The summed E-state index contributed by atoms with van der Waals surface area (Å²) in [5, 5.41) is 7.09. The van der Waals surface area contributed by atoms with Crippen molar-refractivity contribution in [3.63, 3.8) is 0 Å². The highest BCUT2D eigenvalue weighted by Gasteiger charge is 2.05. The first kappa shape index (κ1) is 17.5. The normalized spacial score (nSPS) is 11.0. The molecule has 4 aromatic rings. The number of carbonyl (C=O) groups excluding carboxylic acids is 1. The quantitative estimate of drug-likeness (QED) is 0.503. The Balaban J connectivity index is 1.41. The molecule has 27 heavy (non-hydrogen) atoms. The largest absolute Gasteiger partial charge is 0.366 e. The van der Waals surface area contributed by atoms with Gasteiger partial charge in [-0.1, -0.05) is 54.6 Å². The van der Waals surface area contributed by atoms with Gasteiger partial charge in [-0.05, 0) is 51.2 Å². The molecule has 0 saturated carbocycles. The Morgan fingerprint density at radius 3 is 2.52 bits per heavy atom. The van der Waals surface area contributed by atoms with Gasteiger partial charge in [0.15, 0.2) is 0 Å². The van der Waals surface area contributed by atoms with Crippen LogP contribution in [0, 0.1) is 0 Å². The molecule has 1 heterocycles. The van der Waals surface area contributed by atoms with Gasteiger partial charge in [0.05, 0.1) is 0 Å². The second kappa shape index (κ2) is 7.74. The summed E-state index contributed by atoms with van der Waals surface area (Å²) < 4.78 is 1.33. The Labute approximate surface area is 162 Å². The zero-order chi connectivity index (χ0) is 18.6. The third-order valence-corrected chi connectivity index (χ3v) is 5.65. The Morgan fingerprint density at radius 1 is 0.889 bits per heavy atom. The molecule has 0 unspecified atom stereocenters. The molecule has 0 radical (unpaired) electrons. The molecule has 0 spiro atoms. The van der Waals surface area contributed by atoms with Gasteiger partial charge < -0.3 is 11.1 Å². The van der Waals surface area contributed by atoms with Crippen molar-refractivity contribution in [2.75, 3.05) is 0 Å². The fourth-order valence-corrected chi connectivity index (χ4v) is 4.14. The third-order valence-electron chi connectivity index (χ3n) is 4.64. The average Bonchev–Trinajstić information content (AvgIpc) is 3.12. The van der Waals surface area contributed by atoms with Crippen molar-refractivity contribution in [3.05, 3.63) is 94.9 Å². The van der Waals surface area contributed by atoms with Crippen LogP contribution in [0.3, 0.4) is 0 Å². The minimum Gasteiger partial charge on any atom is -0.366 e. The van der Waals surface area contributed by atoms with E-state index >= 15 is 0 Å². The molecule has 134 valence electrons. The number of nitrogens with one attached hydrogen (secondary N) is 1. The van der Waals surface area contributed by atoms with Crippen molar-refractivity contribution >= 4 is 27.3 Å². The van der Waals surface area contributed by atoms with Gasteiger partial charge in [0.25, 0.3) is 0 Å². The van der Waals surface area contributed by atoms with E-state index in [1.807, 2.05) is 18.2 Å². The van der Waals surface area contributed by atoms with Gasteiger partial charge >= 0.3 is 0 Å². The second-order valence-corrected chi connectivity index (χ2v) is 7.41. The molecule has 1 aromatic heterocycles. The summed E-state index contributed by atoms with van der Waals surface area (Å²) in [4.78, 5) is 11.4. The van der Waals surface area contributed by atoms with Gasteiger partial charge in [0.2, 0.25) is 5.91 Å². The van der Waals surface area contributed by atoms with Crippen molar-refractivity contribution in [3.8, 4) is 11.1 Å². The van der Waals surface area contributed by atoms with Crippen LogP contribution in [-0.4, -0.2) is 5.91 Å². The highest BCUT2D eigenvalue weighted by Crippen LogP contribution is 2.25. The molecular weight excluding hydrogens is 352 g/mol. The maximum Gasteiger partial charge on any atom is 0.248 e. The van der Waals surface area contributed by atoms with E-state index in [0.29, 0.717) is 5.56 Å². The van der Waals surface area contributed by atoms with Crippen LogP contribution in [0.2, 0.25) is 0 Å². The molecule has 4 heteroatoms. The molecule has 3 N–H and O–H groups in total. The second-order valence-electron chi connectivity index (χ2n) is 6.50. The zero-order valence-electron chi connectivity index (χ0n) is 14.8. The number of nitrogens with two attached hydrogens (primary N) is 1. The van der Waals surface area contributed by atoms with Gasteiger partial charge in [-0.25, -0.2) is 0 Å². The van der Waals surface area contributed by atoms with Crippen LogP contribution in [0.4, 0.5) is 0 Å². The number of benzene rings is 3. The number of thiophene rings is 1. The molecule has 4 rings (SSSR count). The third kappa shape index (κ3) is 3.92. The van der Waals surface area contributed by atoms with Crippen molar-refractivity contribution in [2.45, 2.75) is 13.1 Å². The summed E-state index contributed by atoms with van der Waals surface area (Å²) in [6.45, 7) is 1.66. The molecule has 3 aromatic carbocycles. The van der Waals surface area contributed by atoms with Crippen LogP contribution in [-0.2, 0) is 13.1 Å². The van der Waals surface area contributed by atoms with E-state index in [2.05, 4.69) is 59.2 Å². The van der Waals surface area contributed by atoms with Gasteiger partial charge in [0.1, 0.15) is 0 Å². The molecule has 0 fully saturated rings. The molecule has 1 amide bonds. The molecule has 0 bridgehead atoms. The average molecular weight is 372 g/mol. The molecule has 0 saturated heterocycles. The predicted molar refractivity (Wildman–Crippen MR) is 113 cm³/mol. The van der Waals surface area contributed by atoms with E-state index < -0.39 is 5.91 Å². The van der Waals surface area contributed by atoms with Gasteiger partial charge in [-0.2, -0.15) is 0 Å². The van der Waals surface area contributed by atoms with Crippen LogP contribution in [0.15, 0.2) is 78.2 Å². The topological polar surface area (TPSA) is 55.1 Å². The summed E-state index contributed by atoms with van der Waals surface area (Å²) in [6, 6.07) is 24.3. The van der Waals surface area contributed by atoms with Crippen molar-refractivity contribution in [1.82, 2.24) is 5.32 Å². The Bertz CT molecular complexity index is 1080. The monoisotopic (exact) mass is 372 g/mol. The summed E-state index contributed by atoms with van der Waals surface area (Å²) in [7, 11) is 0. The van der Waals surface area contributed by atoms with E-state index in [9.17, 15) is 4.79 Å². The summed E-state index contributed by atoms with van der Waals surface area (Å²) in [5.74, 6) is -0.404. The first-order chi connectivity index (χ1) is 13.2. The molecular formula is C23H20N2OS. The lowest BCUT2D eigenvalue weighted by Crippen LogP contribution is -2.12. The van der Waals surface area contributed by atoms with Gasteiger partial charge in [0, 0.05) is 23.4 Å². The lowest BCUT2D eigenvalue weighted by atomic mass is 10.0.